The Bertz CT molecular complexity index is 669. The third-order valence-corrected chi connectivity index (χ3v) is 2.76. The van der Waals surface area contributed by atoms with E-state index in [4.69, 9.17) is 0 Å². The summed E-state index contributed by atoms with van der Waals surface area (Å²) in [5.74, 6) is -0.433. The fraction of sp³-hybridized carbons (Fsp3) is 0.133. The molecule has 0 fully saturated rings. The van der Waals surface area contributed by atoms with Crippen molar-refractivity contribution in [3.05, 3.63) is 66.0 Å². The van der Waals surface area contributed by atoms with E-state index in [-0.39, 0.29) is 12.1 Å². The van der Waals surface area contributed by atoms with Crippen molar-refractivity contribution in [3.63, 3.8) is 0 Å². The highest BCUT2D eigenvalue weighted by Crippen LogP contribution is 2.30. The number of pyridine rings is 1. The van der Waals surface area contributed by atoms with Gasteiger partial charge in [0.2, 0.25) is 6.54 Å². The summed E-state index contributed by atoms with van der Waals surface area (Å²) >= 11 is 0. The topological polar surface area (TPSA) is 45.3 Å². The van der Waals surface area contributed by atoms with Crippen LogP contribution in [0.5, 0.6) is 0 Å². The highest BCUT2D eigenvalue weighted by molar-refractivity contribution is 5.83. The number of hydrogen-bond donors (Lipinski definition) is 1. The molecule has 22 heavy (non-hydrogen) atoms. The molecular weight excluding hydrogens is 295 g/mol. The summed E-state index contributed by atoms with van der Waals surface area (Å²) in [5, 5.41) is 3.57. The number of carbonyl (C=O) groups is 1. The molecule has 1 aromatic carbocycles. The standard InChI is InChI=1S/C15H12F3N3O/c16-15(17,18)13-7-3-2-6-12(13)10-19-20-14(22)11-21-8-4-1-5-9-21/h1-10H,11H2/p+1/b19-10-. The minimum absolute atomic E-state index is 0.0269. The average molecular weight is 308 g/mol. The number of hydrogen-bond acceptors (Lipinski definition) is 2. The number of amides is 1. The molecule has 0 aliphatic rings. The second kappa shape index (κ2) is 6.84. The molecule has 0 saturated heterocycles. The minimum Gasteiger partial charge on any atom is -0.266 e. The third-order valence-electron chi connectivity index (χ3n) is 2.76. The van der Waals surface area contributed by atoms with Crippen LogP contribution >= 0.6 is 0 Å². The number of rotatable bonds is 4. The SMILES string of the molecule is O=C(C[n+]1ccccc1)N/N=C\c1ccccc1C(F)(F)F. The van der Waals surface area contributed by atoms with E-state index in [1.165, 1.54) is 18.2 Å². The molecule has 1 amide bonds. The van der Waals surface area contributed by atoms with Crippen LogP contribution in [-0.2, 0) is 17.5 Å². The Morgan fingerprint density at radius 1 is 1.14 bits per heavy atom. The van der Waals surface area contributed by atoms with E-state index in [9.17, 15) is 18.0 Å². The predicted molar refractivity (Wildman–Crippen MR) is 73.8 cm³/mol. The third kappa shape index (κ3) is 4.41. The van der Waals surface area contributed by atoms with Crippen molar-refractivity contribution in [2.24, 2.45) is 5.10 Å². The quantitative estimate of drug-likeness (QED) is 0.525. The zero-order chi connectivity index (χ0) is 16.0. The van der Waals surface area contributed by atoms with Crippen LogP contribution in [-0.4, -0.2) is 12.1 Å². The van der Waals surface area contributed by atoms with Crippen molar-refractivity contribution in [1.82, 2.24) is 5.43 Å². The molecule has 0 spiro atoms. The monoisotopic (exact) mass is 308 g/mol. The molecule has 1 heterocycles. The van der Waals surface area contributed by atoms with Gasteiger partial charge < -0.3 is 0 Å². The molecule has 1 N–H and O–H groups in total. The number of aromatic nitrogens is 1. The van der Waals surface area contributed by atoms with E-state index in [1.54, 1.807) is 35.2 Å². The van der Waals surface area contributed by atoms with Crippen LogP contribution in [0.4, 0.5) is 13.2 Å². The number of halogens is 3. The van der Waals surface area contributed by atoms with Gasteiger partial charge in [0.05, 0.1) is 11.8 Å². The molecule has 4 nitrogen and oxygen atoms in total. The number of carbonyl (C=O) groups excluding carboxylic acids is 1. The van der Waals surface area contributed by atoms with Gasteiger partial charge in [0, 0.05) is 17.7 Å². The first kappa shape index (κ1) is 15.7. The van der Waals surface area contributed by atoms with Crippen LogP contribution in [0.2, 0.25) is 0 Å². The molecule has 0 aliphatic heterocycles. The van der Waals surface area contributed by atoms with Gasteiger partial charge in [-0.3, -0.25) is 4.79 Å². The summed E-state index contributed by atoms with van der Waals surface area (Å²) in [7, 11) is 0. The Balaban J connectivity index is 2.00. The fourth-order valence-corrected chi connectivity index (χ4v) is 1.78. The van der Waals surface area contributed by atoms with Crippen LogP contribution in [0.15, 0.2) is 60.0 Å². The van der Waals surface area contributed by atoms with Gasteiger partial charge in [-0.05, 0) is 6.07 Å². The maximum Gasteiger partial charge on any atom is 0.417 e. The maximum atomic E-state index is 12.8. The molecule has 0 atom stereocenters. The number of alkyl halides is 3. The van der Waals surface area contributed by atoms with Gasteiger partial charge in [-0.15, -0.1) is 0 Å². The van der Waals surface area contributed by atoms with Crippen molar-refractivity contribution < 1.29 is 22.5 Å². The molecule has 2 rings (SSSR count). The van der Waals surface area contributed by atoms with Crippen LogP contribution < -0.4 is 9.99 Å². The van der Waals surface area contributed by atoms with Crippen LogP contribution in [0.3, 0.4) is 0 Å². The minimum atomic E-state index is -4.47. The smallest absolute Gasteiger partial charge is 0.266 e. The zero-order valence-corrected chi connectivity index (χ0v) is 11.4. The summed E-state index contributed by atoms with van der Waals surface area (Å²) in [6.07, 6.45) is -0.0899. The molecule has 2 aromatic rings. The molecule has 0 radical (unpaired) electrons. The Morgan fingerprint density at radius 2 is 1.82 bits per heavy atom. The van der Waals surface area contributed by atoms with Gasteiger partial charge >= 0.3 is 12.1 Å². The van der Waals surface area contributed by atoms with Crippen molar-refractivity contribution in [2.75, 3.05) is 0 Å². The van der Waals surface area contributed by atoms with E-state index in [2.05, 4.69) is 10.5 Å². The van der Waals surface area contributed by atoms with Gasteiger partial charge in [0.1, 0.15) is 0 Å². The second-order valence-corrected chi connectivity index (χ2v) is 4.43. The molecule has 7 heteroatoms. The molecule has 0 unspecified atom stereocenters. The molecule has 0 aliphatic carbocycles. The maximum absolute atomic E-state index is 12.8. The lowest BCUT2D eigenvalue weighted by atomic mass is 10.1. The largest absolute Gasteiger partial charge is 0.417 e. The van der Waals surface area contributed by atoms with E-state index in [0.29, 0.717) is 0 Å². The van der Waals surface area contributed by atoms with Crippen LogP contribution in [0.25, 0.3) is 0 Å². The van der Waals surface area contributed by atoms with Gasteiger partial charge in [-0.2, -0.15) is 22.8 Å². The number of nitrogens with one attached hydrogen (secondary N) is 1. The lowest BCUT2D eigenvalue weighted by molar-refractivity contribution is -0.684. The van der Waals surface area contributed by atoms with Crippen molar-refractivity contribution in [3.8, 4) is 0 Å². The summed E-state index contributed by atoms with van der Waals surface area (Å²) in [5.41, 5.74) is 1.29. The van der Waals surface area contributed by atoms with Gasteiger partial charge in [-0.1, -0.05) is 24.3 Å². The van der Waals surface area contributed by atoms with Gasteiger partial charge in [0.25, 0.3) is 0 Å². The number of benzene rings is 1. The first-order valence-corrected chi connectivity index (χ1v) is 6.39. The van der Waals surface area contributed by atoms with E-state index in [1.807, 2.05) is 0 Å². The molecule has 0 saturated carbocycles. The Kier molecular flexibility index (Phi) is 4.88. The molecule has 1 aromatic heterocycles. The highest BCUT2D eigenvalue weighted by atomic mass is 19.4. The van der Waals surface area contributed by atoms with E-state index < -0.39 is 17.6 Å². The van der Waals surface area contributed by atoms with E-state index >= 15 is 0 Å². The van der Waals surface area contributed by atoms with Crippen molar-refractivity contribution in [1.29, 1.82) is 0 Å². The number of nitrogens with zero attached hydrogens (tertiary/aromatic N) is 2. The molecular formula is C15H13F3N3O+. The Labute approximate surface area is 124 Å². The molecule has 114 valence electrons. The Morgan fingerprint density at radius 3 is 2.50 bits per heavy atom. The lowest BCUT2D eigenvalue weighted by Crippen LogP contribution is -2.40. The average Bonchev–Trinajstić information content (AvgIpc) is 2.48. The predicted octanol–water partition coefficient (Wildman–Crippen LogP) is 2.14. The first-order chi connectivity index (χ1) is 10.5. The van der Waals surface area contributed by atoms with Crippen LogP contribution in [0.1, 0.15) is 11.1 Å². The van der Waals surface area contributed by atoms with Crippen LogP contribution in [0, 0.1) is 0 Å². The zero-order valence-electron chi connectivity index (χ0n) is 11.4. The van der Waals surface area contributed by atoms with Crippen molar-refractivity contribution >= 4 is 12.1 Å². The highest BCUT2D eigenvalue weighted by Gasteiger charge is 2.32. The summed E-state index contributed by atoms with van der Waals surface area (Å²) in [6, 6.07) is 10.3. The summed E-state index contributed by atoms with van der Waals surface area (Å²) in [4.78, 5) is 11.6. The normalized spacial score (nSPS) is 11.6. The molecule has 0 bridgehead atoms. The Hall–Kier alpha value is -2.70. The fourth-order valence-electron chi connectivity index (χ4n) is 1.78. The van der Waals surface area contributed by atoms with Gasteiger partial charge in [-0.25, -0.2) is 5.43 Å². The summed E-state index contributed by atoms with van der Waals surface area (Å²) in [6.45, 7) is 0.0269. The van der Waals surface area contributed by atoms with E-state index in [0.717, 1.165) is 12.3 Å². The second-order valence-electron chi connectivity index (χ2n) is 4.43. The number of hydrazone groups is 1. The summed E-state index contributed by atoms with van der Waals surface area (Å²) < 4.78 is 39.9. The first-order valence-electron chi connectivity index (χ1n) is 6.39. The van der Waals surface area contributed by atoms with Gasteiger partial charge in [0.15, 0.2) is 12.4 Å². The van der Waals surface area contributed by atoms with Crippen molar-refractivity contribution in [2.45, 2.75) is 12.7 Å². The lowest BCUT2D eigenvalue weighted by Gasteiger charge is -2.08.